The Bertz CT molecular complexity index is 1560. The molecule has 0 spiro atoms. The van der Waals surface area contributed by atoms with Crippen LogP contribution in [0.4, 0.5) is 0 Å². The Morgan fingerprint density at radius 1 is 0.854 bits per heavy atom. The van der Waals surface area contributed by atoms with Crippen molar-refractivity contribution in [1.82, 2.24) is 24.4 Å². The third-order valence-electron chi connectivity index (χ3n) is 7.36. The molecule has 0 fully saturated rings. The summed E-state index contributed by atoms with van der Waals surface area (Å²) in [5.41, 5.74) is 0.601. The van der Waals surface area contributed by atoms with E-state index in [2.05, 4.69) is 10.1 Å². The van der Waals surface area contributed by atoms with E-state index in [4.69, 9.17) is 0 Å². The first-order valence-corrected chi connectivity index (χ1v) is 19.4. The molecule has 0 heterocycles. The zero-order valence-corrected chi connectivity index (χ0v) is 30.8. The van der Waals surface area contributed by atoms with Gasteiger partial charge in [0.25, 0.3) is 11.8 Å². The molecular weight excluding hydrogens is 659 g/mol. The van der Waals surface area contributed by atoms with Crippen LogP contribution in [0.1, 0.15) is 80.2 Å². The number of amides is 2. The number of hydrogen-bond acceptors (Lipinski definition) is 9. The van der Waals surface area contributed by atoms with Crippen LogP contribution in [-0.2, 0) is 26.5 Å². The molecule has 0 aliphatic heterocycles. The molecule has 2 aromatic rings. The molecule has 15 heteroatoms. The monoisotopic (exact) mass is 711 g/mol. The Morgan fingerprint density at radius 3 is 1.94 bits per heavy atom. The number of sulfonamides is 2. The maximum absolute atomic E-state index is 13.9. The zero-order chi connectivity index (χ0) is 36.2. The van der Waals surface area contributed by atoms with Crippen LogP contribution in [0, 0.1) is 5.92 Å². The number of hydrogen-bond donors (Lipinski definition) is 4. The molecule has 0 saturated heterocycles. The largest absolute Gasteiger partial charge is 0.508 e. The van der Waals surface area contributed by atoms with Crippen LogP contribution in [0.25, 0.3) is 0 Å². The van der Waals surface area contributed by atoms with Crippen LogP contribution < -0.4 is 10.1 Å². The fraction of sp³-hybridized carbons (Fsp3) is 0.576. The lowest BCUT2D eigenvalue weighted by Gasteiger charge is -2.30. The molecule has 4 N–H and O–H groups in total. The van der Waals surface area contributed by atoms with Gasteiger partial charge >= 0.3 is 0 Å². The van der Waals surface area contributed by atoms with Gasteiger partial charge in [-0.05, 0) is 67.5 Å². The van der Waals surface area contributed by atoms with Crippen molar-refractivity contribution in [1.29, 1.82) is 0 Å². The molecule has 0 aliphatic rings. The minimum absolute atomic E-state index is 0.0323. The number of hydrazine groups is 1. The summed E-state index contributed by atoms with van der Waals surface area (Å²) in [5.74, 6) is -1.35. The molecule has 2 unspecified atom stereocenters. The Balaban J connectivity index is 2.56. The highest BCUT2D eigenvalue weighted by molar-refractivity contribution is 7.89. The third kappa shape index (κ3) is 12.4. The van der Waals surface area contributed by atoms with E-state index in [9.17, 15) is 36.6 Å². The van der Waals surface area contributed by atoms with E-state index in [-0.39, 0.29) is 53.0 Å². The highest BCUT2D eigenvalue weighted by Gasteiger charge is 2.29. The topological polar surface area (TPSA) is 177 Å². The van der Waals surface area contributed by atoms with E-state index in [1.165, 1.54) is 49.4 Å². The Kier molecular flexibility index (Phi) is 15.9. The van der Waals surface area contributed by atoms with Gasteiger partial charge in [0.05, 0.1) is 22.8 Å². The molecule has 2 atom stereocenters. The summed E-state index contributed by atoms with van der Waals surface area (Å²) >= 11 is 0. The van der Waals surface area contributed by atoms with Crippen molar-refractivity contribution in [2.45, 2.75) is 77.3 Å². The molecule has 2 aromatic carbocycles. The average Bonchev–Trinajstić information content (AvgIpc) is 3.00. The summed E-state index contributed by atoms with van der Waals surface area (Å²) in [4.78, 5) is 31.4. The van der Waals surface area contributed by atoms with Gasteiger partial charge in [-0.2, -0.15) is 0 Å². The molecule has 0 saturated carbocycles. The van der Waals surface area contributed by atoms with Gasteiger partial charge in [-0.15, -0.1) is 4.83 Å². The highest BCUT2D eigenvalue weighted by Crippen LogP contribution is 2.21. The molecule has 48 heavy (non-hydrogen) atoms. The molecule has 13 nitrogen and oxygen atoms in total. The second kappa shape index (κ2) is 18.6. The molecule has 270 valence electrons. The summed E-state index contributed by atoms with van der Waals surface area (Å²) < 4.78 is 52.9. The van der Waals surface area contributed by atoms with Gasteiger partial charge in [0.2, 0.25) is 20.0 Å². The molecule has 2 rings (SSSR count). The number of carbonyl (C=O) groups excluding carboxylic acids is 2. The normalized spacial score (nSPS) is 13.6. The smallest absolute Gasteiger partial charge is 0.253 e. The first-order valence-electron chi connectivity index (χ1n) is 16.3. The SMILES string of the molecule is CCCN(CC(O)C(Cc1ccc(O)cc1)NC(=O)c1cc(C(=O)N(CCC)CCC)cc(S(=O)(=O)N(C)C)c1)NS(=O)(=O)CC(C)C. The standard InChI is InChI=1S/C33H53N5O8S2/c1-8-15-37(16-9-2)33(42)27-19-26(20-29(21-27)48(45,46)36(6)7)32(41)34-30(18-25-11-13-28(39)14-12-25)31(40)22-38(17-10-3)35-47(43,44)23-24(4)5/h11-14,19-21,24,30-31,35,39-40H,8-10,15-18,22-23H2,1-7H3,(H,34,41). The summed E-state index contributed by atoms with van der Waals surface area (Å²) in [6, 6.07) is 9.02. The van der Waals surface area contributed by atoms with Crippen molar-refractivity contribution in [2.24, 2.45) is 5.92 Å². The van der Waals surface area contributed by atoms with Crippen molar-refractivity contribution >= 4 is 31.9 Å². The minimum Gasteiger partial charge on any atom is -0.508 e. The second-order valence-electron chi connectivity index (χ2n) is 12.6. The van der Waals surface area contributed by atoms with Crippen LogP contribution >= 0.6 is 0 Å². The minimum atomic E-state index is -4.05. The Hall–Kier alpha value is -3.08. The second-order valence-corrected chi connectivity index (χ2v) is 16.5. The van der Waals surface area contributed by atoms with E-state index in [0.717, 1.165) is 4.31 Å². The first-order chi connectivity index (χ1) is 22.4. The number of phenolic OH excluding ortho intramolecular Hbond substituents is 1. The average molecular weight is 712 g/mol. The summed E-state index contributed by atoms with van der Waals surface area (Å²) in [7, 11) is -5.05. The van der Waals surface area contributed by atoms with Gasteiger partial charge in [-0.25, -0.2) is 26.1 Å². The van der Waals surface area contributed by atoms with E-state index < -0.39 is 44.0 Å². The van der Waals surface area contributed by atoms with Crippen molar-refractivity contribution in [3.8, 4) is 5.75 Å². The molecule has 0 bridgehead atoms. The lowest BCUT2D eigenvalue weighted by Crippen LogP contribution is -2.53. The zero-order valence-electron chi connectivity index (χ0n) is 29.1. The molecule has 0 radical (unpaired) electrons. The number of nitrogens with one attached hydrogen (secondary N) is 2. The van der Waals surface area contributed by atoms with Crippen LogP contribution in [0.2, 0.25) is 0 Å². The Labute approximate surface area is 286 Å². The number of rotatable bonds is 20. The number of carbonyl (C=O) groups is 2. The third-order valence-corrected chi connectivity index (χ3v) is 10.8. The van der Waals surface area contributed by atoms with Crippen molar-refractivity contribution in [2.75, 3.05) is 46.0 Å². The van der Waals surface area contributed by atoms with Gasteiger partial charge in [-0.3, -0.25) is 9.59 Å². The fourth-order valence-corrected chi connectivity index (χ4v) is 7.63. The van der Waals surface area contributed by atoms with Gasteiger partial charge in [0, 0.05) is 51.4 Å². The van der Waals surface area contributed by atoms with Crippen LogP contribution in [0.3, 0.4) is 0 Å². The van der Waals surface area contributed by atoms with Crippen molar-refractivity contribution < 1.29 is 36.6 Å². The molecule has 0 aliphatic carbocycles. The van der Waals surface area contributed by atoms with Gasteiger partial charge in [-0.1, -0.05) is 46.8 Å². The Morgan fingerprint density at radius 2 is 1.42 bits per heavy atom. The fourth-order valence-electron chi connectivity index (χ4n) is 5.14. The maximum atomic E-state index is 13.9. The van der Waals surface area contributed by atoms with E-state index in [0.29, 0.717) is 37.9 Å². The molecule has 0 aromatic heterocycles. The highest BCUT2D eigenvalue weighted by atomic mass is 32.2. The molecular formula is C33H53N5O8S2. The van der Waals surface area contributed by atoms with Gasteiger partial charge in [0.15, 0.2) is 0 Å². The van der Waals surface area contributed by atoms with Gasteiger partial charge in [0.1, 0.15) is 5.75 Å². The lowest BCUT2D eigenvalue weighted by atomic mass is 9.99. The maximum Gasteiger partial charge on any atom is 0.253 e. The number of aromatic hydroxyl groups is 1. The van der Waals surface area contributed by atoms with Crippen LogP contribution in [0.5, 0.6) is 5.75 Å². The summed E-state index contributed by atoms with van der Waals surface area (Å²) in [6.07, 6.45) is 0.745. The lowest BCUT2D eigenvalue weighted by molar-refractivity contribution is 0.0618. The number of aliphatic hydroxyl groups is 1. The predicted octanol–water partition coefficient (Wildman–Crippen LogP) is 2.81. The quantitative estimate of drug-likeness (QED) is 0.151. The number of benzene rings is 2. The van der Waals surface area contributed by atoms with E-state index in [1.807, 2.05) is 20.8 Å². The van der Waals surface area contributed by atoms with Crippen molar-refractivity contribution in [3.63, 3.8) is 0 Å². The predicted molar refractivity (Wildman–Crippen MR) is 186 cm³/mol. The van der Waals surface area contributed by atoms with E-state index >= 15 is 0 Å². The number of aliphatic hydroxyl groups excluding tert-OH is 1. The van der Waals surface area contributed by atoms with Crippen LogP contribution in [-0.4, -0.2) is 111 Å². The van der Waals surface area contributed by atoms with Crippen molar-refractivity contribution in [3.05, 3.63) is 59.2 Å². The van der Waals surface area contributed by atoms with E-state index in [1.54, 1.807) is 30.9 Å². The van der Waals surface area contributed by atoms with Crippen LogP contribution in [0.15, 0.2) is 47.4 Å². The number of phenols is 1. The number of nitrogens with zero attached hydrogens (tertiary/aromatic N) is 3. The summed E-state index contributed by atoms with van der Waals surface area (Å²) in [6.45, 7) is 10.3. The molecule has 2 amide bonds. The van der Waals surface area contributed by atoms with Gasteiger partial charge < -0.3 is 20.4 Å². The summed E-state index contributed by atoms with van der Waals surface area (Å²) in [5, 5.41) is 25.5. The first kappa shape index (κ1) is 41.1.